The molecule has 1 aliphatic carbocycles. The quantitative estimate of drug-likeness (QED) is 0.768. The van der Waals surface area contributed by atoms with E-state index in [1.807, 2.05) is 18.2 Å². The van der Waals surface area contributed by atoms with Gasteiger partial charge in [-0.05, 0) is 58.8 Å². The summed E-state index contributed by atoms with van der Waals surface area (Å²) >= 11 is 3.44. The first-order chi connectivity index (χ1) is 9.60. The molecule has 0 bridgehead atoms. The molecule has 1 atom stereocenters. The van der Waals surface area contributed by atoms with Gasteiger partial charge in [0.05, 0.1) is 11.6 Å². The highest BCUT2D eigenvalue weighted by Crippen LogP contribution is 2.31. The van der Waals surface area contributed by atoms with Gasteiger partial charge in [0, 0.05) is 19.0 Å². The van der Waals surface area contributed by atoms with E-state index in [1.54, 1.807) is 7.11 Å². The minimum atomic E-state index is 0. The second-order valence-electron chi connectivity index (χ2n) is 5.27. The summed E-state index contributed by atoms with van der Waals surface area (Å²) < 4.78 is 6.09. The van der Waals surface area contributed by atoms with Gasteiger partial charge in [0.15, 0.2) is 0 Å². The molecule has 1 aliphatic rings. The number of nitrogens with one attached hydrogen (secondary N) is 1. The normalized spacial score (nSPS) is 15.0. The number of carbonyl (C=O) groups is 1. The molecule has 1 amide bonds. The van der Waals surface area contributed by atoms with Crippen LogP contribution in [-0.2, 0) is 11.2 Å². The molecule has 1 aromatic rings. The van der Waals surface area contributed by atoms with Crippen molar-refractivity contribution in [2.75, 3.05) is 13.7 Å². The molecule has 6 heteroatoms. The summed E-state index contributed by atoms with van der Waals surface area (Å²) in [6.07, 6.45) is 3.61. The average Bonchev–Trinajstić information content (AvgIpc) is 3.27. The van der Waals surface area contributed by atoms with E-state index in [1.165, 1.54) is 12.8 Å². The average molecular weight is 378 g/mol. The molecule has 0 aromatic heterocycles. The second kappa shape index (κ2) is 8.61. The van der Waals surface area contributed by atoms with Crippen molar-refractivity contribution in [3.05, 3.63) is 28.2 Å². The van der Waals surface area contributed by atoms with Crippen LogP contribution in [0.25, 0.3) is 0 Å². The highest BCUT2D eigenvalue weighted by molar-refractivity contribution is 9.10. The number of aryl methyl sites for hydroxylation is 1. The minimum Gasteiger partial charge on any atom is -0.496 e. The molecule has 1 fully saturated rings. The fourth-order valence-electron chi connectivity index (χ4n) is 2.13. The zero-order chi connectivity index (χ0) is 14.5. The van der Waals surface area contributed by atoms with E-state index in [9.17, 15) is 4.79 Å². The Bertz CT molecular complexity index is 481. The van der Waals surface area contributed by atoms with Crippen molar-refractivity contribution in [3.8, 4) is 5.75 Å². The zero-order valence-corrected chi connectivity index (χ0v) is 14.5. The van der Waals surface area contributed by atoms with E-state index in [0.29, 0.717) is 25.3 Å². The number of methoxy groups -OCH3 is 1. The first-order valence-electron chi connectivity index (χ1n) is 6.95. The smallest absolute Gasteiger partial charge is 0.220 e. The molecule has 1 unspecified atom stereocenters. The van der Waals surface area contributed by atoms with Gasteiger partial charge < -0.3 is 15.8 Å². The number of nitrogens with two attached hydrogens (primary N) is 1. The maximum absolute atomic E-state index is 11.8. The summed E-state index contributed by atoms with van der Waals surface area (Å²) in [6, 6.07) is 5.99. The van der Waals surface area contributed by atoms with Crippen LogP contribution in [0, 0.1) is 5.92 Å². The summed E-state index contributed by atoms with van der Waals surface area (Å²) in [7, 11) is 1.64. The first-order valence-corrected chi connectivity index (χ1v) is 7.74. The van der Waals surface area contributed by atoms with Crippen LogP contribution in [0.2, 0.25) is 0 Å². The third kappa shape index (κ3) is 5.85. The monoisotopic (exact) mass is 376 g/mol. The van der Waals surface area contributed by atoms with Gasteiger partial charge in [-0.3, -0.25) is 4.79 Å². The Labute approximate surface area is 140 Å². The summed E-state index contributed by atoms with van der Waals surface area (Å²) in [5.74, 6) is 1.48. The molecule has 0 radical (unpaired) electrons. The summed E-state index contributed by atoms with van der Waals surface area (Å²) in [4.78, 5) is 11.8. The lowest BCUT2D eigenvalue weighted by molar-refractivity contribution is -0.121. The van der Waals surface area contributed by atoms with Gasteiger partial charge in [-0.1, -0.05) is 6.07 Å². The fraction of sp³-hybridized carbons (Fsp3) is 0.533. The third-order valence-electron chi connectivity index (χ3n) is 3.62. The highest BCUT2D eigenvalue weighted by atomic mass is 79.9. The molecule has 3 N–H and O–H groups in total. The molecule has 21 heavy (non-hydrogen) atoms. The lowest BCUT2D eigenvalue weighted by atomic mass is 10.1. The topological polar surface area (TPSA) is 64.3 Å². The number of hydrogen-bond acceptors (Lipinski definition) is 3. The van der Waals surface area contributed by atoms with Crippen LogP contribution in [0.4, 0.5) is 0 Å². The number of carbonyl (C=O) groups excluding carboxylic acids is 1. The SMILES string of the molecule is COc1ccc(CCC(=O)NCC(N)C2CC2)cc1Br.Cl. The molecule has 0 spiro atoms. The molecule has 118 valence electrons. The van der Waals surface area contributed by atoms with Crippen molar-refractivity contribution in [1.29, 1.82) is 0 Å². The number of amides is 1. The Morgan fingerprint density at radius 3 is 2.81 bits per heavy atom. The van der Waals surface area contributed by atoms with Gasteiger partial charge in [0.1, 0.15) is 5.75 Å². The second-order valence-corrected chi connectivity index (χ2v) is 6.13. The Morgan fingerprint density at radius 2 is 2.24 bits per heavy atom. The van der Waals surface area contributed by atoms with E-state index < -0.39 is 0 Å². The Kier molecular flexibility index (Phi) is 7.49. The van der Waals surface area contributed by atoms with Crippen molar-refractivity contribution in [2.45, 2.75) is 31.7 Å². The fourth-order valence-corrected chi connectivity index (χ4v) is 2.72. The van der Waals surface area contributed by atoms with E-state index in [-0.39, 0.29) is 24.4 Å². The summed E-state index contributed by atoms with van der Waals surface area (Å²) in [5, 5.41) is 2.91. The molecule has 2 rings (SSSR count). The minimum absolute atomic E-state index is 0. The number of rotatable bonds is 7. The van der Waals surface area contributed by atoms with Crippen LogP contribution in [-0.4, -0.2) is 25.6 Å². The maximum Gasteiger partial charge on any atom is 0.220 e. The number of halogens is 2. The van der Waals surface area contributed by atoms with Crippen molar-refractivity contribution < 1.29 is 9.53 Å². The van der Waals surface area contributed by atoms with Crippen LogP contribution in [0.5, 0.6) is 5.75 Å². The number of hydrogen-bond donors (Lipinski definition) is 2. The largest absolute Gasteiger partial charge is 0.496 e. The molecule has 1 aromatic carbocycles. The van der Waals surface area contributed by atoms with Gasteiger partial charge >= 0.3 is 0 Å². The van der Waals surface area contributed by atoms with Crippen LogP contribution in [0.3, 0.4) is 0 Å². The van der Waals surface area contributed by atoms with Gasteiger partial charge in [0.25, 0.3) is 0 Å². The van der Waals surface area contributed by atoms with Crippen LogP contribution < -0.4 is 15.8 Å². The number of benzene rings is 1. The zero-order valence-electron chi connectivity index (χ0n) is 12.1. The molecular weight excluding hydrogens is 356 g/mol. The predicted molar refractivity (Wildman–Crippen MR) is 90.0 cm³/mol. The predicted octanol–water partition coefficient (Wildman–Crippen LogP) is 2.67. The lowest BCUT2D eigenvalue weighted by Crippen LogP contribution is -2.38. The molecular formula is C15H22BrClN2O2. The standard InChI is InChI=1S/C15H21BrN2O2.ClH/c1-20-14-6-2-10(8-12(14)16)3-7-15(19)18-9-13(17)11-4-5-11;/h2,6,8,11,13H,3-5,7,9,17H2,1H3,(H,18,19);1H. The Hall–Kier alpha value is -0.780. The van der Waals surface area contributed by atoms with Crippen molar-refractivity contribution in [1.82, 2.24) is 5.32 Å². The molecule has 1 saturated carbocycles. The van der Waals surface area contributed by atoms with Crippen molar-refractivity contribution >= 4 is 34.2 Å². The highest BCUT2D eigenvalue weighted by Gasteiger charge is 2.28. The summed E-state index contributed by atoms with van der Waals surface area (Å²) in [6.45, 7) is 0.593. The van der Waals surface area contributed by atoms with E-state index in [2.05, 4.69) is 21.2 Å². The molecule has 0 saturated heterocycles. The van der Waals surface area contributed by atoms with Crippen LogP contribution in [0.15, 0.2) is 22.7 Å². The lowest BCUT2D eigenvalue weighted by Gasteiger charge is -2.11. The molecule has 0 heterocycles. The maximum atomic E-state index is 11.8. The summed E-state index contributed by atoms with van der Waals surface area (Å²) in [5.41, 5.74) is 7.06. The van der Waals surface area contributed by atoms with Gasteiger partial charge in [-0.2, -0.15) is 0 Å². The van der Waals surface area contributed by atoms with E-state index >= 15 is 0 Å². The Morgan fingerprint density at radius 1 is 1.52 bits per heavy atom. The van der Waals surface area contributed by atoms with Crippen LogP contribution in [0.1, 0.15) is 24.8 Å². The van der Waals surface area contributed by atoms with E-state index in [4.69, 9.17) is 10.5 Å². The first kappa shape index (κ1) is 18.3. The van der Waals surface area contributed by atoms with Gasteiger partial charge in [-0.25, -0.2) is 0 Å². The van der Waals surface area contributed by atoms with Crippen LogP contribution >= 0.6 is 28.3 Å². The number of ether oxygens (including phenoxy) is 1. The van der Waals surface area contributed by atoms with Gasteiger partial charge in [0.2, 0.25) is 5.91 Å². The molecule has 0 aliphatic heterocycles. The molecule has 4 nitrogen and oxygen atoms in total. The van der Waals surface area contributed by atoms with Crippen molar-refractivity contribution in [3.63, 3.8) is 0 Å². The van der Waals surface area contributed by atoms with Crippen molar-refractivity contribution in [2.24, 2.45) is 11.7 Å². The van der Waals surface area contributed by atoms with E-state index in [0.717, 1.165) is 15.8 Å². The third-order valence-corrected chi connectivity index (χ3v) is 4.24. The Balaban J connectivity index is 0.00000220. The van der Waals surface area contributed by atoms with Gasteiger partial charge in [-0.15, -0.1) is 12.4 Å².